The van der Waals surface area contributed by atoms with Crippen molar-refractivity contribution in [2.75, 3.05) is 13.7 Å². The molecule has 30 heavy (non-hydrogen) atoms. The number of hydrogen-bond donors (Lipinski definition) is 1. The molecular formula is C23H26F2N2O3. The second kappa shape index (κ2) is 9.80. The van der Waals surface area contributed by atoms with Crippen LogP contribution in [0.15, 0.2) is 42.5 Å². The summed E-state index contributed by atoms with van der Waals surface area (Å²) in [6.07, 6.45) is 2.61. The van der Waals surface area contributed by atoms with Crippen molar-refractivity contribution in [3.8, 4) is 0 Å². The number of likely N-dealkylation sites (tertiary alicyclic amines) is 1. The summed E-state index contributed by atoms with van der Waals surface area (Å²) in [5.74, 6) is -2.26. The van der Waals surface area contributed by atoms with E-state index in [4.69, 9.17) is 4.74 Å². The van der Waals surface area contributed by atoms with E-state index in [9.17, 15) is 18.4 Å². The van der Waals surface area contributed by atoms with Gasteiger partial charge in [-0.2, -0.15) is 0 Å². The van der Waals surface area contributed by atoms with Gasteiger partial charge in [-0.1, -0.05) is 24.6 Å². The third-order valence-corrected chi connectivity index (χ3v) is 5.48. The van der Waals surface area contributed by atoms with E-state index in [1.54, 1.807) is 30.3 Å². The van der Waals surface area contributed by atoms with Crippen LogP contribution in [0.5, 0.6) is 0 Å². The van der Waals surface area contributed by atoms with Crippen LogP contribution in [-0.4, -0.2) is 36.5 Å². The van der Waals surface area contributed by atoms with Crippen LogP contribution in [0, 0.1) is 11.6 Å². The van der Waals surface area contributed by atoms with Crippen molar-refractivity contribution in [2.24, 2.45) is 0 Å². The fourth-order valence-electron chi connectivity index (χ4n) is 3.77. The lowest BCUT2D eigenvalue weighted by Gasteiger charge is -2.35. The number of amides is 1. The van der Waals surface area contributed by atoms with E-state index in [2.05, 4.69) is 5.32 Å². The summed E-state index contributed by atoms with van der Waals surface area (Å²) in [5.41, 5.74) is 1.96. The van der Waals surface area contributed by atoms with Crippen molar-refractivity contribution in [3.05, 3.63) is 70.8 Å². The van der Waals surface area contributed by atoms with E-state index >= 15 is 0 Å². The van der Waals surface area contributed by atoms with Crippen LogP contribution in [0.3, 0.4) is 0 Å². The summed E-state index contributed by atoms with van der Waals surface area (Å²) in [4.78, 5) is 26.5. The quantitative estimate of drug-likeness (QED) is 0.724. The van der Waals surface area contributed by atoms with Gasteiger partial charge in [0.2, 0.25) is 5.91 Å². The summed E-state index contributed by atoms with van der Waals surface area (Å²) in [6.45, 7) is 2.99. The molecule has 0 bridgehead atoms. The zero-order valence-electron chi connectivity index (χ0n) is 17.2. The molecule has 1 fully saturated rings. The number of esters is 1. The Morgan fingerprint density at radius 2 is 1.87 bits per heavy atom. The van der Waals surface area contributed by atoms with Crippen LogP contribution in [-0.2, 0) is 16.1 Å². The van der Waals surface area contributed by atoms with E-state index in [0.717, 1.165) is 31.0 Å². The molecule has 3 rings (SSSR count). The maximum absolute atomic E-state index is 13.5. The number of carbonyl (C=O) groups is 2. The summed E-state index contributed by atoms with van der Waals surface area (Å²) in [6, 6.07) is 10.2. The standard InChI is InChI=1S/C23H26F2N2O3/c1-15(17-7-9-18(10-8-17)23(29)30-2)26-22(28)21-5-3-4-12-27(21)14-16-6-11-19(24)20(25)13-16/h6-11,13,15,21H,3-5,12,14H2,1-2H3,(H,26,28). The molecule has 0 aliphatic carbocycles. The first-order chi connectivity index (χ1) is 14.4. The van der Waals surface area contributed by atoms with E-state index in [1.165, 1.54) is 13.2 Å². The Bertz CT molecular complexity index is 902. The second-order valence-corrected chi connectivity index (χ2v) is 7.57. The topological polar surface area (TPSA) is 58.6 Å². The van der Waals surface area contributed by atoms with Gasteiger partial charge in [-0.15, -0.1) is 0 Å². The number of nitrogens with one attached hydrogen (secondary N) is 1. The molecule has 7 heteroatoms. The highest BCUT2D eigenvalue weighted by Crippen LogP contribution is 2.22. The molecule has 0 saturated carbocycles. The molecule has 5 nitrogen and oxygen atoms in total. The van der Waals surface area contributed by atoms with Gasteiger partial charge in [0, 0.05) is 6.54 Å². The van der Waals surface area contributed by atoms with Crippen molar-refractivity contribution < 1.29 is 23.1 Å². The zero-order valence-corrected chi connectivity index (χ0v) is 17.2. The minimum atomic E-state index is -0.880. The second-order valence-electron chi connectivity index (χ2n) is 7.57. The summed E-state index contributed by atoms with van der Waals surface area (Å²) < 4.78 is 31.4. The number of methoxy groups -OCH3 is 1. The van der Waals surface area contributed by atoms with Crippen LogP contribution < -0.4 is 5.32 Å². The average Bonchev–Trinajstić information content (AvgIpc) is 2.76. The van der Waals surface area contributed by atoms with E-state index < -0.39 is 17.6 Å². The van der Waals surface area contributed by atoms with Gasteiger partial charge in [0.15, 0.2) is 11.6 Å². The molecule has 1 saturated heterocycles. The number of carbonyl (C=O) groups excluding carboxylic acids is 2. The van der Waals surface area contributed by atoms with Gasteiger partial charge in [-0.05, 0) is 61.7 Å². The Morgan fingerprint density at radius 3 is 2.53 bits per heavy atom. The molecule has 1 aliphatic rings. The van der Waals surface area contributed by atoms with Crippen molar-refractivity contribution in [1.82, 2.24) is 10.2 Å². The summed E-state index contributed by atoms with van der Waals surface area (Å²) in [5, 5.41) is 3.03. The Labute approximate surface area is 175 Å². The number of benzene rings is 2. The fraction of sp³-hybridized carbons (Fsp3) is 0.391. The smallest absolute Gasteiger partial charge is 0.337 e. The molecule has 2 aromatic carbocycles. The van der Waals surface area contributed by atoms with E-state index in [0.29, 0.717) is 24.1 Å². The molecule has 2 unspecified atom stereocenters. The normalized spacial score (nSPS) is 17.9. The van der Waals surface area contributed by atoms with E-state index in [1.807, 2.05) is 11.8 Å². The van der Waals surface area contributed by atoms with Gasteiger partial charge < -0.3 is 10.1 Å². The molecule has 0 radical (unpaired) electrons. The van der Waals surface area contributed by atoms with Gasteiger partial charge in [0.05, 0.1) is 24.8 Å². The Hall–Kier alpha value is -2.80. The van der Waals surface area contributed by atoms with Crippen LogP contribution in [0.2, 0.25) is 0 Å². The number of rotatable bonds is 6. The number of ether oxygens (including phenoxy) is 1. The van der Waals surface area contributed by atoms with Crippen molar-refractivity contribution >= 4 is 11.9 Å². The Balaban J connectivity index is 1.65. The van der Waals surface area contributed by atoms with Gasteiger partial charge >= 0.3 is 5.97 Å². The van der Waals surface area contributed by atoms with Crippen molar-refractivity contribution in [2.45, 2.75) is 44.8 Å². The lowest BCUT2D eigenvalue weighted by atomic mass is 9.99. The highest BCUT2D eigenvalue weighted by atomic mass is 19.2. The number of hydrogen-bond acceptors (Lipinski definition) is 4. The Kier molecular flexibility index (Phi) is 7.15. The maximum atomic E-state index is 13.5. The predicted octanol–water partition coefficient (Wildman–Crippen LogP) is 3.98. The van der Waals surface area contributed by atoms with Gasteiger partial charge in [0.1, 0.15) is 0 Å². The first-order valence-electron chi connectivity index (χ1n) is 10.1. The third-order valence-electron chi connectivity index (χ3n) is 5.48. The van der Waals surface area contributed by atoms with Crippen LogP contribution >= 0.6 is 0 Å². The number of halogens is 2. The lowest BCUT2D eigenvalue weighted by Crippen LogP contribution is -2.49. The molecule has 1 N–H and O–H groups in total. The highest BCUT2D eigenvalue weighted by molar-refractivity contribution is 5.89. The molecule has 2 atom stereocenters. The molecule has 1 amide bonds. The van der Waals surface area contributed by atoms with Crippen LogP contribution in [0.4, 0.5) is 8.78 Å². The first kappa shape index (κ1) is 21.9. The summed E-state index contributed by atoms with van der Waals surface area (Å²) >= 11 is 0. The van der Waals surface area contributed by atoms with Crippen molar-refractivity contribution in [3.63, 3.8) is 0 Å². The fourth-order valence-corrected chi connectivity index (χ4v) is 3.77. The lowest BCUT2D eigenvalue weighted by molar-refractivity contribution is -0.128. The SMILES string of the molecule is COC(=O)c1ccc(C(C)NC(=O)C2CCCCN2Cc2ccc(F)c(F)c2)cc1. The average molecular weight is 416 g/mol. The van der Waals surface area contributed by atoms with E-state index in [-0.39, 0.29) is 18.0 Å². The van der Waals surface area contributed by atoms with Crippen molar-refractivity contribution in [1.29, 1.82) is 0 Å². The van der Waals surface area contributed by atoms with Gasteiger partial charge in [-0.3, -0.25) is 9.69 Å². The third kappa shape index (κ3) is 5.21. The first-order valence-corrected chi connectivity index (χ1v) is 10.1. The minimum Gasteiger partial charge on any atom is -0.465 e. The van der Waals surface area contributed by atoms with Gasteiger partial charge in [0.25, 0.3) is 0 Å². The molecule has 0 aromatic heterocycles. The molecule has 1 heterocycles. The number of piperidine rings is 1. The molecule has 2 aromatic rings. The maximum Gasteiger partial charge on any atom is 0.337 e. The van der Waals surface area contributed by atoms with Gasteiger partial charge in [-0.25, -0.2) is 13.6 Å². The molecule has 0 spiro atoms. The largest absolute Gasteiger partial charge is 0.465 e. The number of nitrogens with zero attached hydrogens (tertiary/aromatic N) is 1. The molecule has 1 aliphatic heterocycles. The highest BCUT2D eigenvalue weighted by Gasteiger charge is 2.29. The zero-order chi connectivity index (χ0) is 21.7. The van der Waals surface area contributed by atoms with Crippen LogP contribution in [0.25, 0.3) is 0 Å². The monoisotopic (exact) mass is 416 g/mol. The predicted molar refractivity (Wildman–Crippen MR) is 109 cm³/mol. The minimum absolute atomic E-state index is 0.0955. The summed E-state index contributed by atoms with van der Waals surface area (Å²) in [7, 11) is 1.33. The molecule has 160 valence electrons. The van der Waals surface area contributed by atoms with Crippen LogP contribution in [0.1, 0.15) is 53.7 Å². The Morgan fingerprint density at radius 1 is 1.13 bits per heavy atom. The molecular weight excluding hydrogens is 390 g/mol.